The Bertz CT molecular complexity index is 707. The fourth-order valence-electron chi connectivity index (χ4n) is 2.05. The van der Waals surface area contributed by atoms with E-state index in [2.05, 4.69) is 26.1 Å². The van der Waals surface area contributed by atoms with Crippen LogP contribution < -0.4 is 15.8 Å². The SMILES string of the molecule is CC(C)(C)CCNCc1ccc(Oc2ccc(C(N)=O)s2)c(F)c1. The summed E-state index contributed by atoms with van der Waals surface area (Å²) in [6.45, 7) is 8.06. The lowest BCUT2D eigenvalue weighted by Crippen LogP contribution is -2.20. The molecule has 0 saturated heterocycles. The molecule has 0 fully saturated rings. The van der Waals surface area contributed by atoms with Crippen molar-refractivity contribution >= 4 is 17.2 Å². The quantitative estimate of drug-likeness (QED) is 0.732. The van der Waals surface area contributed by atoms with E-state index in [1.54, 1.807) is 18.2 Å². The first-order valence-corrected chi connectivity index (χ1v) is 8.63. The molecule has 0 aliphatic carbocycles. The first-order valence-electron chi connectivity index (χ1n) is 7.81. The second-order valence-electron chi connectivity index (χ2n) is 6.84. The molecule has 6 heteroatoms. The molecular formula is C18H23FN2O2S. The third kappa shape index (κ3) is 5.62. The molecule has 0 saturated carbocycles. The number of halogens is 1. The fraction of sp³-hybridized carbons (Fsp3) is 0.389. The van der Waals surface area contributed by atoms with Gasteiger partial charge in [0.05, 0.1) is 4.88 Å². The van der Waals surface area contributed by atoms with Gasteiger partial charge in [-0.05, 0) is 48.2 Å². The van der Waals surface area contributed by atoms with Crippen molar-refractivity contribution in [2.75, 3.05) is 6.54 Å². The molecule has 0 unspecified atom stereocenters. The van der Waals surface area contributed by atoms with Gasteiger partial charge in [-0.15, -0.1) is 0 Å². The van der Waals surface area contributed by atoms with Crippen molar-refractivity contribution in [3.63, 3.8) is 0 Å². The monoisotopic (exact) mass is 350 g/mol. The molecule has 2 rings (SSSR count). The second kappa shape index (κ2) is 7.77. The summed E-state index contributed by atoms with van der Waals surface area (Å²) in [5.74, 6) is -0.822. The largest absolute Gasteiger partial charge is 0.444 e. The van der Waals surface area contributed by atoms with Crippen LogP contribution in [0.15, 0.2) is 30.3 Å². The first-order chi connectivity index (χ1) is 11.2. The Kier molecular flexibility index (Phi) is 5.96. The van der Waals surface area contributed by atoms with E-state index in [1.807, 2.05) is 6.07 Å². The zero-order valence-corrected chi connectivity index (χ0v) is 15.0. The highest BCUT2D eigenvalue weighted by Gasteiger charge is 2.11. The maximum atomic E-state index is 14.2. The van der Waals surface area contributed by atoms with Gasteiger partial charge in [-0.25, -0.2) is 4.39 Å². The number of carbonyl (C=O) groups is 1. The molecule has 0 aliphatic heterocycles. The molecule has 0 aliphatic rings. The van der Waals surface area contributed by atoms with Crippen LogP contribution in [0, 0.1) is 11.2 Å². The smallest absolute Gasteiger partial charge is 0.258 e. The summed E-state index contributed by atoms with van der Waals surface area (Å²) in [5, 5.41) is 3.74. The maximum Gasteiger partial charge on any atom is 0.258 e. The van der Waals surface area contributed by atoms with Crippen molar-refractivity contribution in [1.82, 2.24) is 5.32 Å². The third-order valence-corrected chi connectivity index (χ3v) is 4.39. The molecule has 0 atom stereocenters. The summed E-state index contributed by atoms with van der Waals surface area (Å²) in [4.78, 5) is 11.4. The van der Waals surface area contributed by atoms with Gasteiger partial charge in [-0.1, -0.05) is 38.2 Å². The molecule has 1 amide bonds. The Balaban J connectivity index is 1.92. The van der Waals surface area contributed by atoms with Crippen LogP contribution in [0.25, 0.3) is 0 Å². The van der Waals surface area contributed by atoms with E-state index in [9.17, 15) is 9.18 Å². The van der Waals surface area contributed by atoms with Crippen LogP contribution in [0.5, 0.6) is 10.8 Å². The van der Waals surface area contributed by atoms with Crippen LogP contribution in [0.4, 0.5) is 4.39 Å². The molecule has 2 aromatic rings. The number of carbonyl (C=O) groups excluding carboxylic acids is 1. The standard InChI is InChI=1S/C18H23FN2O2S/c1-18(2,3)8-9-21-11-12-4-5-14(13(19)10-12)23-16-7-6-15(24-16)17(20)22/h4-7,10,21H,8-9,11H2,1-3H3,(H2,20,22). The Labute approximate surface area is 145 Å². The van der Waals surface area contributed by atoms with Crippen LogP contribution >= 0.6 is 11.3 Å². The van der Waals surface area contributed by atoms with E-state index in [1.165, 1.54) is 6.07 Å². The van der Waals surface area contributed by atoms with Crippen LogP contribution in [-0.2, 0) is 6.54 Å². The lowest BCUT2D eigenvalue weighted by Gasteiger charge is -2.18. The van der Waals surface area contributed by atoms with Crippen molar-refractivity contribution in [2.24, 2.45) is 11.1 Å². The Morgan fingerprint density at radius 2 is 2.04 bits per heavy atom. The molecule has 130 valence electrons. The predicted molar refractivity (Wildman–Crippen MR) is 95.1 cm³/mol. The zero-order chi connectivity index (χ0) is 17.7. The minimum absolute atomic E-state index is 0.131. The molecular weight excluding hydrogens is 327 g/mol. The highest BCUT2D eigenvalue weighted by atomic mass is 32.1. The van der Waals surface area contributed by atoms with Crippen LogP contribution in [0.1, 0.15) is 42.4 Å². The molecule has 0 bridgehead atoms. The van der Waals surface area contributed by atoms with Crippen LogP contribution in [0.2, 0.25) is 0 Å². The molecule has 1 aromatic carbocycles. The highest BCUT2D eigenvalue weighted by molar-refractivity contribution is 7.15. The minimum Gasteiger partial charge on any atom is -0.444 e. The summed E-state index contributed by atoms with van der Waals surface area (Å²) < 4.78 is 19.6. The second-order valence-corrected chi connectivity index (χ2v) is 7.88. The van der Waals surface area contributed by atoms with Crippen molar-refractivity contribution in [2.45, 2.75) is 33.7 Å². The Morgan fingerprint density at radius 1 is 1.29 bits per heavy atom. The van der Waals surface area contributed by atoms with Crippen molar-refractivity contribution < 1.29 is 13.9 Å². The lowest BCUT2D eigenvalue weighted by molar-refractivity contribution is 0.100. The van der Waals surface area contributed by atoms with Gasteiger partial charge in [0, 0.05) is 6.54 Å². The van der Waals surface area contributed by atoms with E-state index >= 15 is 0 Å². The van der Waals surface area contributed by atoms with Gasteiger partial charge in [0.1, 0.15) is 0 Å². The average molecular weight is 350 g/mol. The minimum atomic E-state index is -0.521. The third-order valence-electron chi connectivity index (χ3n) is 3.41. The van der Waals surface area contributed by atoms with Crippen molar-refractivity contribution in [3.8, 4) is 10.8 Å². The molecule has 4 nitrogen and oxygen atoms in total. The van der Waals surface area contributed by atoms with E-state index in [4.69, 9.17) is 10.5 Å². The molecule has 1 aromatic heterocycles. The van der Waals surface area contributed by atoms with E-state index in [0.29, 0.717) is 16.5 Å². The number of rotatable bonds is 7. The van der Waals surface area contributed by atoms with Crippen molar-refractivity contribution in [1.29, 1.82) is 0 Å². The zero-order valence-electron chi connectivity index (χ0n) is 14.2. The number of nitrogens with one attached hydrogen (secondary N) is 1. The highest BCUT2D eigenvalue weighted by Crippen LogP contribution is 2.31. The summed E-state index contributed by atoms with van der Waals surface area (Å²) in [6.07, 6.45) is 1.05. The number of thiophene rings is 1. The summed E-state index contributed by atoms with van der Waals surface area (Å²) >= 11 is 1.09. The topological polar surface area (TPSA) is 64.3 Å². The fourth-order valence-corrected chi connectivity index (χ4v) is 2.77. The van der Waals surface area contributed by atoms with Gasteiger partial charge >= 0.3 is 0 Å². The molecule has 3 N–H and O–H groups in total. The van der Waals surface area contributed by atoms with Gasteiger partial charge in [-0.3, -0.25) is 4.79 Å². The van der Waals surface area contributed by atoms with Gasteiger partial charge < -0.3 is 15.8 Å². The molecule has 1 heterocycles. The van der Waals surface area contributed by atoms with E-state index in [0.717, 1.165) is 29.9 Å². The Hall–Kier alpha value is -1.92. The van der Waals surface area contributed by atoms with Crippen LogP contribution in [-0.4, -0.2) is 12.5 Å². The molecule has 0 radical (unpaired) electrons. The number of ether oxygens (including phenoxy) is 1. The van der Waals surface area contributed by atoms with Crippen LogP contribution in [0.3, 0.4) is 0 Å². The number of nitrogens with two attached hydrogens (primary N) is 1. The molecule has 0 spiro atoms. The summed E-state index contributed by atoms with van der Waals surface area (Å²) in [7, 11) is 0. The number of hydrogen-bond acceptors (Lipinski definition) is 4. The number of primary amides is 1. The number of benzene rings is 1. The molecule has 24 heavy (non-hydrogen) atoms. The number of hydrogen-bond donors (Lipinski definition) is 2. The summed E-state index contributed by atoms with van der Waals surface area (Å²) in [6, 6.07) is 8.05. The maximum absolute atomic E-state index is 14.2. The Morgan fingerprint density at radius 3 is 2.62 bits per heavy atom. The lowest BCUT2D eigenvalue weighted by atomic mass is 9.92. The van der Waals surface area contributed by atoms with Gasteiger partial charge in [0.2, 0.25) is 0 Å². The number of amides is 1. The summed E-state index contributed by atoms with van der Waals surface area (Å²) in [5.41, 5.74) is 6.33. The first kappa shape index (κ1) is 18.4. The van der Waals surface area contributed by atoms with Gasteiger partial charge in [-0.2, -0.15) is 0 Å². The van der Waals surface area contributed by atoms with Crippen molar-refractivity contribution in [3.05, 3.63) is 46.6 Å². The average Bonchev–Trinajstić information content (AvgIpc) is 2.94. The van der Waals surface area contributed by atoms with E-state index < -0.39 is 11.7 Å². The predicted octanol–water partition coefficient (Wildman–Crippen LogP) is 4.30. The van der Waals surface area contributed by atoms with E-state index in [-0.39, 0.29) is 11.2 Å². The van der Waals surface area contributed by atoms with Gasteiger partial charge in [0.15, 0.2) is 16.6 Å². The van der Waals surface area contributed by atoms with Gasteiger partial charge in [0.25, 0.3) is 5.91 Å². The normalized spacial score (nSPS) is 11.5.